The number of fused-ring (bicyclic) bond motifs is 1. The Labute approximate surface area is 172 Å². The van der Waals surface area contributed by atoms with Crippen molar-refractivity contribution in [3.63, 3.8) is 0 Å². The molecule has 0 N–H and O–H groups in total. The van der Waals surface area contributed by atoms with Crippen LogP contribution in [0, 0.1) is 0 Å². The van der Waals surface area contributed by atoms with Crippen molar-refractivity contribution in [3.8, 4) is 5.75 Å². The highest BCUT2D eigenvalue weighted by molar-refractivity contribution is 7.22. The number of aromatic nitrogens is 1. The molecule has 29 heavy (non-hydrogen) atoms. The van der Waals surface area contributed by atoms with E-state index in [2.05, 4.69) is 21.6 Å². The summed E-state index contributed by atoms with van der Waals surface area (Å²) in [5.41, 5.74) is 1.64. The number of ether oxygens (including phenoxy) is 2. The van der Waals surface area contributed by atoms with Crippen LogP contribution in [0.2, 0.25) is 0 Å². The second kappa shape index (κ2) is 8.18. The SMILES string of the molecule is COC(=O)c1ccc(C(=O)Oc2ccc3nc(N4CCN(C)CC4)sc3c2)cc1. The molecule has 150 valence electrons. The lowest BCUT2D eigenvalue weighted by atomic mass is 10.1. The molecule has 8 heteroatoms. The van der Waals surface area contributed by atoms with Gasteiger partial charge in [-0.3, -0.25) is 0 Å². The van der Waals surface area contributed by atoms with E-state index in [0.717, 1.165) is 41.5 Å². The van der Waals surface area contributed by atoms with Crippen LogP contribution in [-0.4, -0.2) is 62.2 Å². The largest absolute Gasteiger partial charge is 0.465 e. The Balaban J connectivity index is 1.48. The number of hydrogen-bond acceptors (Lipinski definition) is 8. The second-order valence-electron chi connectivity index (χ2n) is 6.87. The highest BCUT2D eigenvalue weighted by Crippen LogP contribution is 2.32. The number of carbonyl (C=O) groups excluding carboxylic acids is 2. The van der Waals surface area contributed by atoms with Crippen molar-refractivity contribution in [2.75, 3.05) is 45.2 Å². The highest BCUT2D eigenvalue weighted by Gasteiger charge is 2.18. The monoisotopic (exact) mass is 411 g/mol. The fourth-order valence-electron chi connectivity index (χ4n) is 3.12. The molecular formula is C21H21N3O4S. The normalized spacial score (nSPS) is 14.8. The molecule has 0 atom stereocenters. The molecule has 0 unspecified atom stereocenters. The first-order valence-corrected chi connectivity index (χ1v) is 10.1. The van der Waals surface area contributed by atoms with Gasteiger partial charge in [0.2, 0.25) is 0 Å². The molecule has 0 bridgehead atoms. The van der Waals surface area contributed by atoms with E-state index in [1.165, 1.54) is 19.2 Å². The maximum absolute atomic E-state index is 12.4. The minimum Gasteiger partial charge on any atom is -0.465 e. The van der Waals surface area contributed by atoms with Gasteiger partial charge in [-0.1, -0.05) is 11.3 Å². The van der Waals surface area contributed by atoms with Crippen LogP contribution in [-0.2, 0) is 4.74 Å². The summed E-state index contributed by atoms with van der Waals surface area (Å²) in [5, 5.41) is 0.995. The van der Waals surface area contributed by atoms with Gasteiger partial charge in [-0.25, -0.2) is 14.6 Å². The van der Waals surface area contributed by atoms with Crippen LogP contribution in [0.25, 0.3) is 10.2 Å². The molecule has 2 aromatic carbocycles. The quantitative estimate of drug-likeness (QED) is 0.483. The van der Waals surface area contributed by atoms with Crippen molar-refractivity contribution >= 4 is 38.6 Å². The van der Waals surface area contributed by atoms with Crippen molar-refractivity contribution in [1.29, 1.82) is 0 Å². The number of hydrogen-bond donors (Lipinski definition) is 0. The Morgan fingerprint density at radius 2 is 1.62 bits per heavy atom. The van der Waals surface area contributed by atoms with E-state index in [9.17, 15) is 9.59 Å². The number of benzene rings is 2. The molecule has 1 saturated heterocycles. The van der Waals surface area contributed by atoms with Crippen LogP contribution in [0.15, 0.2) is 42.5 Å². The van der Waals surface area contributed by atoms with Crippen LogP contribution in [0.1, 0.15) is 20.7 Å². The van der Waals surface area contributed by atoms with Crippen LogP contribution < -0.4 is 9.64 Å². The first kappa shape index (κ1) is 19.4. The molecule has 3 aromatic rings. The Morgan fingerprint density at radius 1 is 0.966 bits per heavy atom. The van der Waals surface area contributed by atoms with Crippen molar-refractivity contribution in [3.05, 3.63) is 53.6 Å². The number of nitrogens with zero attached hydrogens (tertiary/aromatic N) is 3. The van der Waals surface area contributed by atoms with E-state index in [-0.39, 0.29) is 0 Å². The van der Waals surface area contributed by atoms with Gasteiger partial charge >= 0.3 is 11.9 Å². The van der Waals surface area contributed by atoms with Gasteiger partial charge in [-0.2, -0.15) is 0 Å². The van der Waals surface area contributed by atoms with Crippen molar-refractivity contribution in [1.82, 2.24) is 9.88 Å². The molecule has 0 amide bonds. The Kier molecular flexibility index (Phi) is 5.46. The molecule has 4 rings (SSSR count). The van der Waals surface area contributed by atoms with Gasteiger partial charge in [-0.05, 0) is 43.4 Å². The van der Waals surface area contributed by atoms with E-state index >= 15 is 0 Å². The maximum Gasteiger partial charge on any atom is 0.343 e. The van der Waals surface area contributed by atoms with Crippen molar-refractivity contribution in [2.24, 2.45) is 0 Å². The molecule has 1 aliphatic heterocycles. The van der Waals surface area contributed by atoms with Gasteiger partial charge in [0.05, 0.1) is 28.5 Å². The molecular weight excluding hydrogens is 390 g/mol. The molecule has 0 aliphatic carbocycles. The average molecular weight is 411 g/mol. The lowest BCUT2D eigenvalue weighted by Crippen LogP contribution is -2.44. The maximum atomic E-state index is 12.4. The number of esters is 2. The van der Waals surface area contributed by atoms with Crippen LogP contribution in [0.3, 0.4) is 0 Å². The van der Waals surface area contributed by atoms with Crippen molar-refractivity contribution < 1.29 is 19.1 Å². The summed E-state index contributed by atoms with van der Waals surface area (Å²) in [7, 11) is 3.44. The summed E-state index contributed by atoms with van der Waals surface area (Å²) >= 11 is 1.60. The van der Waals surface area contributed by atoms with Gasteiger partial charge in [-0.15, -0.1) is 0 Å². The standard InChI is InChI=1S/C21H21N3O4S/c1-23-9-11-24(12-10-23)21-22-17-8-7-16(13-18(17)29-21)28-20(26)15-5-3-14(4-6-15)19(25)27-2/h3-8,13H,9-12H2,1-2H3. The lowest BCUT2D eigenvalue weighted by molar-refractivity contribution is 0.0599. The minimum absolute atomic E-state index is 0.361. The van der Waals surface area contributed by atoms with Crippen LogP contribution in [0.5, 0.6) is 5.75 Å². The first-order chi connectivity index (χ1) is 14.0. The van der Waals surface area contributed by atoms with E-state index in [4.69, 9.17) is 9.72 Å². The summed E-state index contributed by atoms with van der Waals surface area (Å²) in [6.07, 6.45) is 0. The van der Waals surface area contributed by atoms with Gasteiger partial charge in [0.15, 0.2) is 5.13 Å². The van der Waals surface area contributed by atoms with Gasteiger partial charge < -0.3 is 19.3 Å². The number of thiazole rings is 1. The number of anilines is 1. The average Bonchev–Trinajstić information content (AvgIpc) is 3.17. The number of methoxy groups -OCH3 is 1. The molecule has 0 saturated carbocycles. The summed E-state index contributed by atoms with van der Waals surface area (Å²) < 4.78 is 11.1. The van der Waals surface area contributed by atoms with Gasteiger partial charge in [0.1, 0.15) is 5.75 Å². The van der Waals surface area contributed by atoms with E-state index < -0.39 is 11.9 Å². The molecule has 1 fully saturated rings. The summed E-state index contributed by atoms with van der Waals surface area (Å²) in [4.78, 5) is 33.2. The van der Waals surface area contributed by atoms with E-state index in [1.807, 2.05) is 12.1 Å². The Hall–Kier alpha value is -2.97. The van der Waals surface area contributed by atoms with Crippen LogP contribution >= 0.6 is 11.3 Å². The summed E-state index contributed by atoms with van der Waals surface area (Å²) in [5.74, 6) is -0.464. The molecule has 7 nitrogen and oxygen atoms in total. The molecule has 0 radical (unpaired) electrons. The van der Waals surface area contributed by atoms with Gasteiger partial charge in [0.25, 0.3) is 0 Å². The number of piperazine rings is 1. The fraction of sp³-hybridized carbons (Fsp3) is 0.286. The molecule has 1 aliphatic rings. The zero-order valence-electron chi connectivity index (χ0n) is 16.3. The fourth-order valence-corrected chi connectivity index (χ4v) is 4.16. The third kappa shape index (κ3) is 4.23. The summed E-state index contributed by atoms with van der Waals surface area (Å²) in [6, 6.07) is 11.6. The Morgan fingerprint density at radius 3 is 2.28 bits per heavy atom. The van der Waals surface area contributed by atoms with E-state index in [1.54, 1.807) is 29.5 Å². The predicted molar refractivity (Wildman–Crippen MR) is 112 cm³/mol. The highest BCUT2D eigenvalue weighted by atomic mass is 32.1. The molecule has 2 heterocycles. The second-order valence-corrected chi connectivity index (χ2v) is 7.88. The topological polar surface area (TPSA) is 72.0 Å². The zero-order chi connectivity index (χ0) is 20.4. The summed E-state index contributed by atoms with van der Waals surface area (Å²) in [6.45, 7) is 3.96. The minimum atomic E-state index is -0.482. The zero-order valence-corrected chi connectivity index (χ0v) is 17.1. The lowest BCUT2D eigenvalue weighted by Gasteiger charge is -2.31. The number of carbonyl (C=O) groups is 2. The van der Waals surface area contributed by atoms with Gasteiger partial charge in [0, 0.05) is 32.2 Å². The third-order valence-corrected chi connectivity index (χ3v) is 5.95. The van der Waals surface area contributed by atoms with E-state index in [0.29, 0.717) is 16.9 Å². The predicted octanol–water partition coefficient (Wildman–Crippen LogP) is 3.05. The third-order valence-electron chi connectivity index (χ3n) is 4.87. The molecule has 1 aromatic heterocycles. The van der Waals surface area contributed by atoms with Crippen LogP contribution in [0.4, 0.5) is 5.13 Å². The first-order valence-electron chi connectivity index (χ1n) is 9.28. The smallest absolute Gasteiger partial charge is 0.343 e. The number of likely N-dealkylation sites (N-methyl/N-ethyl adjacent to an activating group) is 1. The number of rotatable bonds is 4. The Bertz CT molecular complexity index is 1040. The van der Waals surface area contributed by atoms with Crippen molar-refractivity contribution in [2.45, 2.75) is 0 Å². The molecule has 0 spiro atoms.